The molecule has 1 heterocycles. The fourth-order valence-corrected chi connectivity index (χ4v) is 3.37. The summed E-state index contributed by atoms with van der Waals surface area (Å²) in [7, 11) is 0. The SMILES string of the molecule is Brc1ccc(Sc2ccc(Br)cc2CNC2CC2)nc1. The maximum absolute atomic E-state index is 4.43. The molecule has 20 heavy (non-hydrogen) atoms. The van der Waals surface area contributed by atoms with Gasteiger partial charge in [0.05, 0.1) is 0 Å². The van der Waals surface area contributed by atoms with Crippen LogP contribution in [0.3, 0.4) is 0 Å². The van der Waals surface area contributed by atoms with Gasteiger partial charge in [0.1, 0.15) is 5.03 Å². The molecular formula is C15H14Br2N2S. The average Bonchev–Trinajstić information content (AvgIpc) is 3.25. The van der Waals surface area contributed by atoms with E-state index in [2.05, 4.69) is 60.4 Å². The zero-order valence-electron chi connectivity index (χ0n) is 10.8. The Kier molecular flexibility index (Phi) is 4.81. The predicted molar refractivity (Wildman–Crippen MR) is 90.1 cm³/mol. The highest BCUT2D eigenvalue weighted by atomic mass is 79.9. The fourth-order valence-electron chi connectivity index (χ4n) is 1.86. The van der Waals surface area contributed by atoms with Gasteiger partial charge in [0.25, 0.3) is 0 Å². The first-order valence-corrected chi connectivity index (χ1v) is 8.92. The molecule has 2 aromatic rings. The Morgan fingerprint density at radius 1 is 1.15 bits per heavy atom. The van der Waals surface area contributed by atoms with E-state index in [0.717, 1.165) is 26.6 Å². The van der Waals surface area contributed by atoms with E-state index in [1.54, 1.807) is 11.8 Å². The molecule has 2 nitrogen and oxygen atoms in total. The van der Waals surface area contributed by atoms with Crippen LogP contribution in [0.5, 0.6) is 0 Å². The minimum Gasteiger partial charge on any atom is -0.310 e. The van der Waals surface area contributed by atoms with Crippen molar-refractivity contribution >= 4 is 43.6 Å². The van der Waals surface area contributed by atoms with E-state index < -0.39 is 0 Å². The molecule has 0 unspecified atom stereocenters. The number of rotatable bonds is 5. The zero-order chi connectivity index (χ0) is 13.9. The quantitative estimate of drug-likeness (QED) is 0.745. The number of aromatic nitrogens is 1. The first-order chi connectivity index (χ1) is 9.70. The van der Waals surface area contributed by atoms with E-state index >= 15 is 0 Å². The van der Waals surface area contributed by atoms with E-state index in [0.29, 0.717) is 0 Å². The fraction of sp³-hybridized carbons (Fsp3) is 0.267. The molecule has 3 rings (SSSR count). The van der Waals surface area contributed by atoms with Crippen LogP contribution in [0.2, 0.25) is 0 Å². The Hall–Kier alpha value is -0.360. The molecule has 5 heteroatoms. The first-order valence-electron chi connectivity index (χ1n) is 6.52. The minimum absolute atomic E-state index is 0.720. The molecule has 0 amide bonds. The van der Waals surface area contributed by atoms with Crippen molar-refractivity contribution in [2.45, 2.75) is 35.3 Å². The van der Waals surface area contributed by atoms with Crippen LogP contribution in [-0.4, -0.2) is 11.0 Å². The van der Waals surface area contributed by atoms with Crippen LogP contribution in [0, 0.1) is 0 Å². The second-order valence-electron chi connectivity index (χ2n) is 4.82. The Bertz CT molecular complexity index is 597. The standard InChI is InChI=1S/C15H14Br2N2S/c16-11-1-5-14(10(7-11)8-18-13-3-4-13)20-15-6-2-12(17)9-19-15/h1-2,5-7,9,13,18H,3-4,8H2. The van der Waals surface area contributed by atoms with Crippen LogP contribution < -0.4 is 5.32 Å². The third kappa shape index (κ3) is 4.07. The molecule has 1 aromatic carbocycles. The van der Waals surface area contributed by atoms with Crippen LogP contribution in [0.1, 0.15) is 18.4 Å². The summed E-state index contributed by atoms with van der Waals surface area (Å²) >= 11 is 8.68. The normalized spacial score (nSPS) is 14.5. The number of halogens is 2. The lowest BCUT2D eigenvalue weighted by Crippen LogP contribution is -2.15. The van der Waals surface area contributed by atoms with Crippen LogP contribution in [0.15, 0.2) is 55.4 Å². The Morgan fingerprint density at radius 3 is 2.65 bits per heavy atom. The molecule has 0 spiro atoms. The number of hydrogen-bond acceptors (Lipinski definition) is 3. The molecule has 1 N–H and O–H groups in total. The Balaban J connectivity index is 1.77. The van der Waals surface area contributed by atoms with Gasteiger partial charge in [-0.1, -0.05) is 27.7 Å². The lowest BCUT2D eigenvalue weighted by Gasteiger charge is -2.10. The lowest BCUT2D eigenvalue weighted by molar-refractivity contribution is 0.680. The molecule has 104 valence electrons. The largest absolute Gasteiger partial charge is 0.310 e. The minimum atomic E-state index is 0.720. The summed E-state index contributed by atoms with van der Waals surface area (Å²) in [6.45, 7) is 0.920. The van der Waals surface area contributed by atoms with E-state index in [4.69, 9.17) is 0 Å². The maximum Gasteiger partial charge on any atom is 0.101 e. The van der Waals surface area contributed by atoms with E-state index in [1.807, 2.05) is 18.3 Å². The van der Waals surface area contributed by atoms with Crippen LogP contribution in [-0.2, 0) is 6.54 Å². The molecule has 0 saturated heterocycles. The first kappa shape index (κ1) is 14.6. The number of hydrogen-bond donors (Lipinski definition) is 1. The highest BCUT2D eigenvalue weighted by Crippen LogP contribution is 2.32. The van der Waals surface area contributed by atoms with Gasteiger partial charge in [0, 0.05) is 32.6 Å². The molecular weight excluding hydrogens is 400 g/mol. The highest BCUT2D eigenvalue weighted by molar-refractivity contribution is 9.10. The molecule has 0 radical (unpaired) electrons. The van der Waals surface area contributed by atoms with Gasteiger partial charge < -0.3 is 5.32 Å². The third-order valence-corrected chi connectivity index (χ3v) is 5.13. The summed E-state index contributed by atoms with van der Waals surface area (Å²) < 4.78 is 2.13. The van der Waals surface area contributed by atoms with E-state index in [9.17, 15) is 0 Å². The van der Waals surface area contributed by atoms with Crippen molar-refractivity contribution in [1.82, 2.24) is 10.3 Å². The van der Waals surface area contributed by atoms with Crippen molar-refractivity contribution in [1.29, 1.82) is 0 Å². The van der Waals surface area contributed by atoms with Gasteiger partial charge in [-0.15, -0.1) is 0 Å². The van der Waals surface area contributed by atoms with E-state index in [1.165, 1.54) is 23.3 Å². The molecule has 0 aliphatic heterocycles. The Morgan fingerprint density at radius 2 is 1.95 bits per heavy atom. The summed E-state index contributed by atoms with van der Waals surface area (Å²) in [6.07, 6.45) is 4.46. The lowest BCUT2D eigenvalue weighted by atomic mass is 10.2. The van der Waals surface area contributed by atoms with Crippen LogP contribution >= 0.6 is 43.6 Å². The summed E-state index contributed by atoms with van der Waals surface area (Å²) in [4.78, 5) is 5.69. The van der Waals surface area contributed by atoms with Gasteiger partial charge in [0.2, 0.25) is 0 Å². The number of pyridine rings is 1. The van der Waals surface area contributed by atoms with Gasteiger partial charge >= 0.3 is 0 Å². The smallest absolute Gasteiger partial charge is 0.101 e. The molecule has 1 saturated carbocycles. The van der Waals surface area contributed by atoms with Crippen molar-refractivity contribution in [3.05, 3.63) is 51.0 Å². The van der Waals surface area contributed by atoms with Crippen molar-refractivity contribution in [2.75, 3.05) is 0 Å². The van der Waals surface area contributed by atoms with Crippen LogP contribution in [0.4, 0.5) is 0 Å². The molecule has 1 aliphatic carbocycles. The average molecular weight is 414 g/mol. The predicted octanol–water partition coefficient (Wildman–Crippen LogP) is 5.01. The Labute approximate surface area is 140 Å². The van der Waals surface area contributed by atoms with Gasteiger partial charge in [-0.05, 0) is 64.7 Å². The van der Waals surface area contributed by atoms with Gasteiger partial charge in [-0.3, -0.25) is 0 Å². The summed E-state index contributed by atoms with van der Waals surface area (Å²) in [5, 5.41) is 4.59. The number of nitrogens with zero attached hydrogens (tertiary/aromatic N) is 1. The van der Waals surface area contributed by atoms with Gasteiger partial charge in [0.15, 0.2) is 0 Å². The van der Waals surface area contributed by atoms with Crippen molar-refractivity contribution < 1.29 is 0 Å². The molecule has 0 atom stereocenters. The second kappa shape index (κ2) is 6.60. The molecule has 1 aromatic heterocycles. The summed E-state index contributed by atoms with van der Waals surface area (Å²) in [6, 6.07) is 11.2. The third-order valence-electron chi connectivity index (χ3n) is 3.10. The van der Waals surface area contributed by atoms with E-state index in [-0.39, 0.29) is 0 Å². The molecule has 1 aliphatic rings. The molecule has 1 fully saturated rings. The topological polar surface area (TPSA) is 24.9 Å². The van der Waals surface area contributed by atoms with Gasteiger partial charge in [-0.2, -0.15) is 0 Å². The number of nitrogens with one attached hydrogen (secondary N) is 1. The van der Waals surface area contributed by atoms with Crippen molar-refractivity contribution in [3.63, 3.8) is 0 Å². The van der Waals surface area contributed by atoms with Crippen molar-refractivity contribution in [3.8, 4) is 0 Å². The van der Waals surface area contributed by atoms with Gasteiger partial charge in [-0.25, -0.2) is 4.98 Å². The molecule has 0 bridgehead atoms. The summed E-state index contributed by atoms with van der Waals surface area (Å²) in [5.74, 6) is 0. The van der Waals surface area contributed by atoms with Crippen LogP contribution in [0.25, 0.3) is 0 Å². The zero-order valence-corrected chi connectivity index (χ0v) is 14.8. The van der Waals surface area contributed by atoms with Crippen molar-refractivity contribution in [2.24, 2.45) is 0 Å². The monoisotopic (exact) mass is 412 g/mol. The highest BCUT2D eigenvalue weighted by Gasteiger charge is 2.20. The summed E-state index contributed by atoms with van der Waals surface area (Å²) in [5.41, 5.74) is 1.32. The second-order valence-corrected chi connectivity index (χ2v) is 7.72. The maximum atomic E-state index is 4.43. The number of benzene rings is 1.